The zero-order valence-corrected chi connectivity index (χ0v) is 14.2. The van der Waals surface area contributed by atoms with Crippen molar-refractivity contribution in [2.24, 2.45) is 5.10 Å². The number of fused-ring (bicyclic) bond motifs is 1. The number of ether oxygens (including phenoxy) is 1. The van der Waals surface area contributed by atoms with E-state index in [9.17, 15) is 4.79 Å². The number of anilines is 1. The Morgan fingerprint density at radius 2 is 2.04 bits per heavy atom. The lowest BCUT2D eigenvalue weighted by atomic mass is 10.1. The molecular weight excluding hydrogens is 316 g/mol. The van der Waals surface area contributed by atoms with Crippen LogP contribution in [0.1, 0.15) is 16.7 Å². The Labute approximate surface area is 145 Å². The molecule has 0 unspecified atom stereocenters. The number of aromatic amines is 1. The summed E-state index contributed by atoms with van der Waals surface area (Å²) in [5.41, 5.74) is 12.7. The molecule has 3 aromatic rings. The first kappa shape index (κ1) is 16.6. The Balaban J connectivity index is 1.59. The fourth-order valence-corrected chi connectivity index (χ4v) is 2.78. The van der Waals surface area contributed by atoms with Gasteiger partial charge in [-0.2, -0.15) is 5.10 Å². The lowest BCUT2D eigenvalue weighted by Gasteiger charge is -2.12. The number of hydrogen-bond donors (Lipinski definition) is 3. The molecule has 6 heteroatoms. The quantitative estimate of drug-likeness (QED) is 0.380. The second kappa shape index (κ2) is 7.09. The second-order valence-corrected chi connectivity index (χ2v) is 5.85. The zero-order valence-electron chi connectivity index (χ0n) is 14.2. The molecule has 2 aromatic carbocycles. The van der Waals surface area contributed by atoms with Crippen LogP contribution in [0.2, 0.25) is 0 Å². The lowest BCUT2D eigenvalue weighted by molar-refractivity contribution is -0.123. The van der Waals surface area contributed by atoms with Crippen LogP contribution in [0.15, 0.2) is 47.7 Å². The van der Waals surface area contributed by atoms with Gasteiger partial charge in [-0.15, -0.1) is 0 Å². The molecule has 0 fully saturated rings. The first-order chi connectivity index (χ1) is 12.0. The van der Waals surface area contributed by atoms with Gasteiger partial charge in [0.15, 0.2) is 6.61 Å². The number of hydrazone groups is 1. The van der Waals surface area contributed by atoms with E-state index < -0.39 is 0 Å². The van der Waals surface area contributed by atoms with Crippen molar-refractivity contribution in [3.8, 4) is 5.75 Å². The van der Waals surface area contributed by atoms with Crippen molar-refractivity contribution in [3.05, 3.63) is 59.3 Å². The molecule has 0 saturated carbocycles. The number of carbonyl (C=O) groups excluding carboxylic acids is 1. The number of aromatic nitrogens is 1. The van der Waals surface area contributed by atoms with Crippen molar-refractivity contribution < 1.29 is 9.53 Å². The van der Waals surface area contributed by atoms with E-state index in [1.165, 1.54) is 0 Å². The number of H-pyrrole nitrogens is 1. The van der Waals surface area contributed by atoms with E-state index in [0.29, 0.717) is 11.4 Å². The number of nitrogens with one attached hydrogen (secondary N) is 2. The molecule has 0 saturated heterocycles. The van der Waals surface area contributed by atoms with Crippen LogP contribution >= 0.6 is 0 Å². The average molecular weight is 336 g/mol. The van der Waals surface area contributed by atoms with Gasteiger partial charge in [0.2, 0.25) is 0 Å². The molecule has 25 heavy (non-hydrogen) atoms. The van der Waals surface area contributed by atoms with Gasteiger partial charge < -0.3 is 15.5 Å². The predicted molar refractivity (Wildman–Crippen MR) is 99.9 cm³/mol. The van der Waals surface area contributed by atoms with Crippen LogP contribution < -0.4 is 15.9 Å². The standard InChI is InChI=1S/C19H20N4O2/c1-12-8-15(20)9-13(2)19(12)25-11-18(24)23-22-10-14-4-3-5-17-16(14)6-7-21-17/h3-10,21H,11,20H2,1-2H3,(H,23,24)/b22-10-. The van der Waals surface area contributed by atoms with Gasteiger partial charge in [0.05, 0.1) is 6.21 Å². The topological polar surface area (TPSA) is 92.5 Å². The van der Waals surface area contributed by atoms with Gasteiger partial charge in [-0.25, -0.2) is 5.43 Å². The SMILES string of the molecule is Cc1cc(N)cc(C)c1OCC(=O)N/N=C\c1cccc2[nH]ccc12. The molecule has 0 aliphatic carbocycles. The number of hydrogen-bond acceptors (Lipinski definition) is 4. The van der Waals surface area contributed by atoms with Crippen LogP contribution in [-0.4, -0.2) is 23.7 Å². The number of nitrogens with zero attached hydrogens (tertiary/aromatic N) is 1. The summed E-state index contributed by atoms with van der Waals surface area (Å²) in [5, 5.41) is 5.05. The van der Waals surface area contributed by atoms with Crippen LogP contribution in [0.5, 0.6) is 5.75 Å². The highest BCUT2D eigenvalue weighted by molar-refractivity contribution is 5.98. The second-order valence-electron chi connectivity index (χ2n) is 5.85. The van der Waals surface area contributed by atoms with E-state index in [1.54, 1.807) is 6.21 Å². The first-order valence-electron chi connectivity index (χ1n) is 7.92. The summed E-state index contributed by atoms with van der Waals surface area (Å²) in [7, 11) is 0. The Hall–Kier alpha value is -3.28. The maximum atomic E-state index is 11.9. The molecule has 128 valence electrons. The van der Waals surface area contributed by atoms with E-state index >= 15 is 0 Å². The molecule has 0 aliphatic rings. The van der Waals surface area contributed by atoms with Gasteiger partial charge in [0, 0.05) is 28.4 Å². The predicted octanol–water partition coefficient (Wildman–Crippen LogP) is 2.90. The van der Waals surface area contributed by atoms with Crippen LogP contribution in [0.3, 0.4) is 0 Å². The molecular formula is C19H20N4O2. The van der Waals surface area contributed by atoms with Gasteiger partial charge in [-0.05, 0) is 49.2 Å². The number of aryl methyl sites for hydroxylation is 2. The fraction of sp³-hybridized carbons (Fsp3) is 0.158. The van der Waals surface area contributed by atoms with E-state index in [-0.39, 0.29) is 12.5 Å². The third-order valence-electron chi connectivity index (χ3n) is 3.85. The van der Waals surface area contributed by atoms with Crippen molar-refractivity contribution >= 4 is 28.7 Å². The van der Waals surface area contributed by atoms with Gasteiger partial charge in [-0.3, -0.25) is 4.79 Å². The number of carbonyl (C=O) groups is 1. The molecule has 1 amide bonds. The molecule has 0 spiro atoms. The van der Waals surface area contributed by atoms with Crippen molar-refractivity contribution in [2.75, 3.05) is 12.3 Å². The van der Waals surface area contributed by atoms with Crippen LogP contribution in [-0.2, 0) is 4.79 Å². The van der Waals surface area contributed by atoms with Crippen molar-refractivity contribution in [1.82, 2.24) is 10.4 Å². The highest BCUT2D eigenvalue weighted by Crippen LogP contribution is 2.25. The third-order valence-corrected chi connectivity index (χ3v) is 3.85. The summed E-state index contributed by atoms with van der Waals surface area (Å²) in [4.78, 5) is 15.1. The van der Waals surface area contributed by atoms with Crippen LogP contribution in [0.4, 0.5) is 5.69 Å². The smallest absolute Gasteiger partial charge is 0.277 e. The lowest BCUT2D eigenvalue weighted by Crippen LogP contribution is -2.25. The van der Waals surface area contributed by atoms with Gasteiger partial charge in [-0.1, -0.05) is 12.1 Å². The minimum atomic E-state index is -0.326. The first-order valence-corrected chi connectivity index (χ1v) is 7.92. The Morgan fingerprint density at radius 3 is 2.80 bits per heavy atom. The number of nitrogens with two attached hydrogens (primary N) is 1. The van der Waals surface area contributed by atoms with E-state index in [1.807, 2.05) is 56.4 Å². The molecule has 6 nitrogen and oxygen atoms in total. The average Bonchev–Trinajstić information content (AvgIpc) is 3.03. The van der Waals surface area contributed by atoms with Crippen molar-refractivity contribution in [1.29, 1.82) is 0 Å². The highest BCUT2D eigenvalue weighted by atomic mass is 16.5. The summed E-state index contributed by atoms with van der Waals surface area (Å²) in [6, 6.07) is 11.4. The molecule has 1 aromatic heterocycles. The molecule has 0 aliphatic heterocycles. The van der Waals surface area contributed by atoms with Crippen LogP contribution in [0.25, 0.3) is 10.9 Å². The van der Waals surface area contributed by atoms with E-state index in [4.69, 9.17) is 10.5 Å². The van der Waals surface area contributed by atoms with E-state index in [0.717, 1.165) is 27.6 Å². The highest BCUT2D eigenvalue weighted by Gasteiger charge is 2.08. The number of rotatable bonds is 5. The maximum Gasteiger partial charge on any atom is 0.277 e. The normalized spacial score (nSPS) is 11.1. The Bertz CT molecular complexity index is 920. The summed E-state index contributed by atoms with van der Waals surface area (Å²) in [6.07, 6.45) is 3.49. The molecule has 0 bridgehead atoms. The number of amides is 1. The fourth-order valence-electron chi connectivity index (χ4n) is 2.78. The summed E-state index contributed by atoms with van der Waals surface area (Å²) in [6.45, 7) is 3.68. The molecule has 3 rings (SSSR count). The summed E-state index contributed by atoms with van der Waals surface area (Å²) in [5.74, 6) is 0.346. The summed E-state index contributed by atoms with van der Waals surface area (Å²) >= 11 is 0. The minimum Gasteiger partial charge on any atom is -0.483 e. The molecule has 0 atom stereocenters. The molecule has 4 N–H and O–H groups in total. The van der Waals surface area contributed by atoms with E-state index in [2.05, 4.69) is 15.5 Å². The third kappa shape index (κ3) is 3.80. The van der Waals surface area contributed by atoms with Crippen LogP contribution in [0, 0.1) is 13.8 Å². The number of nitrogen functional groups attached to an aromatic ring is 1. The van der Waals surface area contributed by atoms with Gasteiger partial charge >= 0.3 is 0 Å². The number of benzene rings is 2. The molecule has 1 heterocycles. The minimum absolute atomic E-state index is 0.114. The van der Waals surface area contributed by atoms with Gasteiger partial charge in [0.1, 0.15) is 5.75 Å². The molecule has 0 radical (unpaired) electrons. The summed E-state index contributed by atoms with van der Waals surface area (Å²) < 4.78 is 5.60. The maximum absolute atomic E-state index is 11.9. The Kier molecular flexibility index (Phi) is 4.70. The Morgan fingerprint density at radius 1 is 1.28 bits per heavy atom. The van der Waals surface area contributed by atoms with Crippen molar-refractivity contribution in [2.45, 2.75) is 13.8 Å². The monoisotopic (exact) mass is 336 g/mol. The largest absolute Gasteiger partial charge is 0.483 e. The van der Waals surface area contributed by atoms with Gasteiger partial charge in [0.25, 0.3) is 5.91 Å². The van der Waals surface area contributed by atoms with Crippen molar-refractivity contribution in [3.63, 3.8) is 0 Å². The zero-order chi connectivity index (χ0) is 17.8.